The van der Waals surface area contributed by atoms with Crippen LogP contribution in [0.2, 0.25) is 0 Å². The first-order valence-corrected chi connectivity index (χ1v) is 11.8. The predicted octanol–water partition coefficient (Wildman–Crippen LogP) is 3.62. The zero-order valence-corrected chi connectivity index (χ0v) is 16.3. The molecule has 134 valence electrons. The third-order valence-corrected chi connectivity index (χ3v) is 8.42. The Hall–Kier alpha value is -1.31. The minimum atomic E-state index is -3.40. The van der Waals surface area contributed by atoms with Gasteiger partial charge in [0.05, 0.1) is 10.6 Å². The summed E-state index contributed by atoms with van der Waals surface area (Å²) in [7, 11) is -3.40. The van der Waals surface area contributed by atoms with Crippen LogP contribution in [0.3, 0.4) is 0 Å². The van der Waals surface area contributed by atoms with Crippen molar-refractivity contribution in [3.05, 3.63) is 52.7 Å². The molecule has 0 saturated carbocycles. The van der Waals surface area contributed by atoms with Crippen LogP contribution in [0.15, 0.2) is 52.7 Å². The minimum absolute atomic E-state index is 0.0472. The Labute approximate surface area is 157 Å². The van der Waals surface area contributed by atoms with Crippen LogP contribution in [-0.2, 0) is 14.6 Å². The highest BCUT2D eigenvalue weighted by Crippen LogP contribution is 2.36. The standard InChI is InChI=1S/C18H21NO3S3/c20-18(9-14-25(21,22)15-5-2-1-3-6-15)19-10-8-17(24-13-11-19)16-7-4-12-23-16/h1-7,12,17H,8-11,13-14H2. The second-order valence-electron chi connectivity index (χ2n) is 5.93. The van der Waals surface area contributed by atoms with Crippen molar-refractivity contribution in [3.63, 3.8) is 0 Å². The van der Waals surface area contributed by atoms with E-state index in [0.29, 0.717) is 18.3 Å². The number of rotatable bonds is 5. The number of carbonyl (C=O) groups is 1. The molecule has 1 aliphatic rings. The van der Waals surface area contributed by atoms with Crippen LogP contribution < -0.4 is 0 Å². The Morgan fingerprint density at radius 2 is 1.92 bits per heavy atom. The number of amides is 1. The van der Waals surface area contributed by atoms with E-state index in [0.717, 1.165) is 12.2 Å². The molecule has 0 aliphatic carbocycles. The van der Waals surface area contributed by atoms with Crippen LogP contribution in [-0.4, -0.2) is 43.8 Å². The zero-order chi connectivity index (χ0) is 17.7. The van der Waals surface area contributed by atoms with E-state index in [1.807, 2.05) is 16.7 Å². The molecule has 0 bridgehead atoms. The molecule has 7 heteroatoms. The van der Waals surface area contributed by atoms with Crippen LogP contribution in [0.5, 0.6) is 0 Å². The molecule has 1 saturated heterocycles. The predicted molar refractivity (Wildman–Crippen MR) is 104 cm³/mol. The Morgan fingerprint density at radius 3 is 2.64 bits per heavy atom. The first kappa shape index (κ1) is 18.5. The van der Waals surface area contributed by atoms with E-state index in [9.17, 15) is 13.2 Å². The Morgan fingerprint density at radius 1 is 1.12 bits per heavy atom. The number of thioether (sulfide) groups is 1. The average Bonchev–Trinajstić information content (AvgIpc) is 3.05. The van der Waals surface area contributed by atoms with Crippen molar-refractivity contribution in [2.24, 2.45) is 0 Å². The van der Waals surface area contributed by atoms with Gasteiger partial charge < -0.3 is 4.90 Å². The molecule has 1 unspecified atom stereocenters. The maximum atomic E-state index is 12.5. The Balaban J connectivity index is 1.55. The summed E-state index contributed by atoms with van der Waals surface area (Å²) in [5.41, 5.74) is 0. The quantitative estimate of drug-likeness (QED) is 0.776. The topological polar surface area (TPSA) is 54.5 Å². The van der Waals surface area contributed by atoms with Crippen molar-refractivity contribution in [1.82, 2.24) is 4.90 Å². The number of hydrogen-bond acceptors (Lipinski definition) is 5. The lowest BCUT2D eigenvalue weighted by molar-refractivity contribution is -0.130. The summed E-state index contributed by atoms with van der Waals surface area (Å²) < 4.78 is 24.6. The molecule has 0 radical (unpaired) electrons. The number of hydrogen-bond donors (Lipinski definition) is 0. The summed E-state index contributed by atoms with van der Waals surface area (Å²) in [6.45, 7) is 1.39. The molecule has 2 heterocycles. The van der Waals surface area contributed by atoms with Gasteiger partial charge in [0.15, 0.2) is 9.84 Å². The second-order valence-corrected chi connectivity index (χ2v) is 10.3. The number of sulfone groups is 1. The van der Waals surface area contributed by atoms with Gasteiger partial charge in [0.25, 0.3) is 0 Å². The lowest BCUT2D eigenvalue weighted by Gasteiger charge is -2.20. The van der Waals surface area contributed by atoms with Crippen LogP contribution in [0.1, 0.15) is 23.0 Å². The van der Waals surface area contributed by atoms with Crippen molar-refractivity contribution >= 4 is 38.8 Å². The van der Waals surface area contributed by atoms with Gasteiger partial charge in [-0.2, -0.15) is 11.8 Å². The summed E-state index contributed by atoms with van der Waals surface area (Å²) in [5, 5.41) is 2.52. The molecule has 3 rings (SSSR count). The fourth-order valence-electron chi connectivity index (χ4n) is 2.85. The normalized spacial score (nSPS) is 18.7. The number of benzene rings is 1. The molecule has 1 aromatic carbocycles. The molecule has 2 aromatic rings. The van der Waals surface area contributed by atoms with Crippen LogP contribution in [0, 0.1) is 0 Å². The van der Waals surface area contributed by atoms with Gasteiger partial charge >= 0.3 is 0 Å². The van der Waals surface area contributed by atoms with Gasteiger partial charge in [-0.25, -0.2) is 8.42 Å². The molecule has 1 atom stereocenters. The highest BCUT2D eigenvalue weighted by Gasteiger charge is 2.24. The first-order valence-electron chi connectivity index (χ1n) is 8.27. The molecule has 1 aromatic heterocycles. The molecule has 0 spiro atoms. The molecule has 0 N–H and O–H groups in total. The summed E-state index contributed by atoms with van der Waals surface area (Å²) in [6, 6.07) is 12.5. The smallest absolute Gasteiger partial charge is 0.223 e. The highest BCUT2D eigenvalue weighted by atomic mass is 32.2. The molecule has 4 nitrogen and oxygen atoms in total. The molecule has 1 aliphatic heterocycles. The number of thiophene rings is 1. The van der Waals surface area contributed by atoms with Gasteiger partial charge in [-0.15, -0.1) is 11.3 Å². The zero-order valence-electron chi connectivity index (χ0n) is 13.8. The van der Waals surface area contributed by atoms with Gasteiger partial charge in [0.2, 0.25) is 5.91 Å². The third kappa shape index (κ3) is 4.86. The molecule has 1 amide bonds. The van der Waals surface area contributed by atoms with Gasteiger partial charge in [-0.1, -0.05) is 24.3 Å². The van der Waals surface area contributed by atoms with E-state index in [1.165, 1.54) is 4.88 Å². The van der Waals surface area contributed by atoms with E-state index in [4.69, 9.17) is 0 Å². The van der Waals surface area contributed by atoms with E-state index >= 15 is 0 Å². The van der Waals surface area contributed by atoms with E-state index in [-0.39, 0.29) is 23.0 Å². The number of carbonyl (C=O) groups excluding carboxylic acids is 1. The highest BCUT2D eigenvalue weighted by molar-refractivity contribution is 7.99. The second kappa shape index (κ2) is 8.38. The maximum Gasteiger partial charge on any atom is 0.223 e. The van der Waals surface area contributed by atoms with E-state index in [1.54, 1.807) is 41.7 Å². The molecule has 25 heavy (non-hydrogen) atoms. The van der Waals surface area contributed by atoms with E-state index < -0.39 is 9.84 Å². The number of nitrogens with zero attached hydrogens (tertiary/aromatic N) is 1. The van der Waals surface area contributed by atoms with Crippen molar-refractivity contribution in [2.45, 2.75) is 23.0 Å². The SMILES string of the molecule is O=C(CCS(=O)(=O)c1ccccc1)N1CCSC(c2cccs2)CC1. The van der Waals surface area contributed by atoms with Gasteiger partial charge in [-0.3, -0.25) is 4.79 Å². The molecular formula is C18H21NO3S3. The van der Waals surface area contributed by atoms with Crippen LogP contribution >= 0.6 is 23.1 Å². The maximum absolute atomic E-state index is 12.5. The summed E-state index contributed by atoms with van der Waals surface area (Å²) >= 11 is 3.64. The fourth-order valence-corrected chi connectivity index (χ4v) is 6.34. The van der Waals surface area contributed by atoms with Crippen molar-refractivity contribution in [2.75, 3.05) is 24.6 Å². The van der Waals surface area contributed by atoms with Crippen molar-refractivity contribution < 1.29 is 13.2 Å². The minimum Gasteiger partial charge on any atom is -0.342 e. The fraction of sp³-hybridized carbons (Fsp3) is 0.389. The lowest BCUT2D eigenvalue weighted by atomic mass is 10.2. The Kier molecular flexibility index (Phi) is 6.19. The average molecular weight is 396 g/mol. The van der Waals surface area contributed by atoms with E-state index in [2.05, 4.69) is 17.5 Å². The lowest BCUT2D eigenvalue weighted by Crippen LogP contribution is -2.34. The summed E-state index contributed by atoms with van der Waals surface area (Å²) in [5.74, 6) is 0.695. The summed E-state index contributed by atoms with van der Waals surface area (Å²) in [4.78, 5) is 15.9. The Bertz CT molecular complexity index is 788. The first-order chi connectivity index (χ1) is 12.1. The monoisotopic (exact) mass is 395 g/mol. The van der Waals surface area contributed by atoms with Crippen molar-refractivity contribution in [1.29, 1.82) is 0 Å². The molecular weight excluding hydrogens is 374 g/mol. The molecule has 1 fully saturated rings. The van der Waals surface area contributed by atoms with Crippen LogP contribution in [0.4, 0.5) is 0 Å². The van der Waals surface area contributed by atoms with Crippen LogP contribution in [0.25, 0.3) is 0 Å². The van der Waals surface area contributed by atoms with Crippen molar-refractivity contribution in [3.8, 4) is 0 Å². The van der Waals surface area contributed by atoms with Gasteiger partial charge in [-0.05, 0) is 30.0 Å². The van der Waals surface area contributed by atoms with Gasteiger partial charge in [0.1, 0.15) is 0 Å². The van der Waals surface area contributed by atoms with Gasteiger partial charge in [0, 0.05) is 35.4 Å². The largest absolute Gasteiger partial charge is 0.342 e. The third-order valence-electron chi connectivity index (χ3n) is 4.24. The summed E-state index contributed by atoms with van der Waals surface area (Å²) in [6.07, 6.45) is 0.966.